The number of ketones is 1. The molecule has 5 rings (SSSR count). The van der Waals surface area contributed by atoms with Gasteiger partial charge in [0.1, 0.15) is 15.5 Å². The molecule has 4 aromatic rings. The van der Waals surface area contributed by atoms with Gasteiger partial charge in [-0.25, -0.2) is 4.79 Å². The molecule has 1 aliphatic carbocycles. The summed E-state index contributed by atoms with van der Waals surface area (Å²) in [5, 5.41) is 30.8. The first-order valence-electron chi connectivity index (χ1n) is 12.6. The summed E-state index contributed by atoms with van der Waals surface area (Å²) in [5.41, 5.74) is 3.98. The van der Waals surface area contributed by atoms with Crippen molar-refractivity contribution in [1.29, 1.82) is 0 Å². The Bertz CT molecular complexity index is 1470. The largest absolute Gasteiger partial charge is 0.506 e. The van der Waals surface area contributed by atoms with Crippen molar-refractivity contribution in [3.8, 4) is 16.9 Å². The Labute approximate surface area is 218 Å². The molecule has 0 radical (unpaired) electrons. The van der Waals surface area contributed by atoms with Crippen LogP contribution in [0.4, 0.5) is 0 Å². The molecular weight excluding hydrogens is 486 g/mol. The first kappa shape index (κ1) is 25.0. The molecule has 0 unspecified atom stereocenters. The van der Waals surface area contributed by atoms with Gasteiger partial charge in [0.2, 0.25) is 5.78 Å². The third-order valence-corrected chi connectivity index (χ3v) is 8.31. The Kier molecular flexibility index (Phi) is 7.26. The van der Waals surface area contributed by atoms with E-state index in [0.29, 0.717) is 28.9 Å². The highest BCUT2D eigenvalue weighted by molar-refractivity contribution is 7.17. The molecule has 0 saturated heterocycles. The predicted molar refractivity (Wildman–Crippen MR) is 147 cm³/mol. The molecule has 0 bridgehead atoms. The number of aromatic nitrogens is 1. The molecule has 7 heteroatoms. The van der Waals surface area contributed by atoms with E-state index in [0.717, 1.165) is 35.3 Å². The maximum absolute atomic E-state index is 13.6. The molecule has 190 valence electrons. The number of nitrogens with one attached hydrogen (secondary N) is 1. The summed E-state index contributed by atoms with van der Waals surface area (Å²) in [6, 6.07) is 13.3. The van der Waals surface area contributed by atoms with Crippen molar-refractivity contribution in [2.24, 2.45) is 0 Å². The maximum atomic E-state index is 13.6. The first-order valence-corrected chi connectivity index (χ1v) is 13.4. The van der Waals surface area contributed by atoms with E-state index in [-0.39, 0.29) is 27.7 Å². The van der Waals surface area contributed by atoms with Crippen molar-refractivity contribution >= 4 is 40.1 Å². The number of thiophene rings is 1. The lowest BCUT2D eigenvalue weighted by atomic mass is 9.83. The number of carboxylic acids is 1. The van der Waals surface area contributed by atoms with Crippen LogP contribution in [0.15, 0.2) is 54.7 Å². The number of carboxylic acid groups (broad SMARTS) is 1. The maximum Gasteiger partial charge on any atom is 0.346 e. The molecule has 2 heterocycles. The van der Waals surface area contributed by atoms with Crippen molar-refractivity contribution in [2.75, 3.05) is 6.61 Å². The van der Waals surface area contributed by atoms with Gasteiger partial charge in [-0.2, -0.15) is 0 Å². The van der Waals surface area contributed by atoms with E-state index < -0.39 is 11.8 Å². The summed E-state index contributed by atoms with van der Waals surface area (Å²) in [5.74, 6) is -1.40. The number of aromatic carboxylic acids is 1. The number of aliphatic hydroxyl groups is 1. The van der Waals surface area contributed by atoms with Gasteiger partial charge in [-0.05, 0) is 41.9 Å². The SMILES string of the molecule is O=C(O)c1sc(C(=O)c2c[nH]c3c(/C=C/CCO)cccc23)c(O)c1-c1ccc(C2CCCCC2)cc1. The fourth-order valence-corrected chi connectivity index (χ4v) is 6.27. The van der Waals surface area contributed by atoms with E-state index >= 15 is 0 Å². The fraction of sp³-hybridized carbons (Fsp3) is 0.267. The smallest absolute Gasteiger partial charge is 0.346 e. The van der Waals surface area contributed by atoms with Gasteiger partial charge < -0.3 is 20.3 Å². The monoisotopic (exact) mass is 515 g/mol. The number of aromatic hydroxyl groups is 1. The molecule has 4 N–H and O–H groups in total. The average molecular weight is 516 g/mol. The lowest BCUT2D eigenvalue weighted by molar-refractivity contribution is 0.0702. The van der Waals surface area contributed by atoms with E-state index in [1.807, 2.05) is 54.6 Å². The lowest BCUT2D eigenvalue weighted by Crippen LogP contribution is -2.04. The van der Waals surface area contributed by atoms with Gasteiger partial charge >= 0.3 is 5.97 Å². The van der Waals surface area contributed by atoms with Crippen molar-refractivity contribution in [2.45, 2.75) is 44.4 Å². The molecule has 1 saturated carbocycles. The highest BCUT2D eigenvalue weighted by Crippen LogP contribution is 2.44. The summed E-state index contributed by atoms with van der Waals surface area (Å²) < 4.78 is 0. The Morgan fingerprint density at radius 1 is 1.03 bits per heavy atom. The Morgan fingerprint density at radius 3 is 2.49 bits per heavy atom. The molecule has 0 atom stereocenters. The normalized spacial score (nSPS) is 14.5. The summed E-state index contributed by atoms with van der Waals surface area (Å²) in [6.07, 6.45) is 11.9. The molecule has 0 spiro atoms. The molecule has 1 aliphatic rings. The van der Waals surface area contributed by atoms with Crippen LogP contribution in [0.2, 0.25) is 0 Å². The number of carbonyl (C=O) groups is 2. The Balaban J connectivity index is 1.51. The van der Waals surface area contributed by atoms with Crippen molar-refractivity contribution in [3.05, 3.63) is 81.2 Å². The van der Waals surface area contributed by atoms with E-state index in [1.54, 1.807) is 6.20 Å². The minimum absolute atomic E-state index is 0.00545. The number of aliphatic hydroxyl groups excluding tert-OH is 1. The second-order valence-electron chi connectivity index (χ2n) is 9.46. The van der Waals surface area contributed by atoms with E-state index in [2.05, 4.69) is 4.98 Å². The van der Waals surface area contributed by atoms with Gasteiger partial charge in [-0.15, -0.1) is 11.3 Å². The first-order chi connectivity index (χ1) is 18.0. The number of para-hydroxylation sites is 1. The Morgan fingerprint density at radius 2 is 1.78 bits per heavy atom. The molecule has 2 aromatic carbocycles. The summed E-state index contributed by atoms with van der Waals surface area (Å²) in [7, 11) is 0. The van der Waals surface area contributed by atoms with Crippen LogP contribution in [-0.4, -0.2) is 38.7 Å². The minimum Gasteiger partial charge on any atom is -0.506 e. The summed E-state index contributed by atoms with van der Waals surface area (Å²) in [6.45, 7) is 0.0517. The van der Waals surface area contributed by atoms with Crippen molar-refractivity contribution in [3.63, 3.8) is 0 Å². The quantitative estimate of drug-likeness (QED) is 0.189. The number of hydrogen-bond acceptors (Lipinski definition) is 5. The Hall–Kier alpha value is -3.68. The van der Waals surface area contributed by atoms with Crippen LogP contribution in [0.5, 0.6) is 5.75 Å². The van der Waals surface area contributed by atoms with Gasteiger partial charge in [-0.1, -0.05) is 73.9 Å². The van der Waals surface area contributed by atoms with Crippen LogP contribution in [-0.2, 0) is 0 Å². The third-order valence-electron chi connectivity index (χ3n) is 7.14. The number of benzene rings is 2. The molecule has 0 amide bonds. The number of H-pyrrole nitrogens is 1. The summed E-state index contributed by atoms with van der Waals surface area (Å²) >= 11 is 0.803. The van der Waals surface area contributed by atoms with Gasteiger partial charge in [0.05, 0.1) is 5.52 Å². The standard InChI is InChI=1S/C30H29NO5S/c32-16-5-4-9-21-10-6-11-22-23(17-31-25(21)22)26(33)29-27(34)24(28(37-29)30(35)36)20-14-12-19(13-15-20)18-7-2-1-3-8-18/h4,6,9-15,17-18,31-32,34H,1-3,5,7-8,16H2,(H,35,36)/b9-4+. The van der Waals surface area contributed by atoms with Gasteiger partial charge in [-0.3, -0.25) is 4.79 Å². The zero-order valence-corrected chi connectivity index (χ0v) is 21.2. The molecule has 6 nitrogen and oxygen atoms in total. The van der Waals surface area contributed by atoms with E-state index in [9.17, 15) is 19.8 Å². The van der Waals surface area contributed by atoms with Crippen LogP contribution >= 0.6 is 11.3 Å². The van der Waals surface area contributed by atoms with Gasteiger partial charge in [0.25, 0.3) is 0 Å². The van der Waals surface area contributed by atoms with Crippen LogP contribution in [0.25, 0.3) is 28.1 Å². The van der Waals surface area contributed by atoms with Gasteiger partial charge in [0, 0.05) is 29.3 Å². The number of carbonyl (C=O) groups excluding carboxylic acids is 1. The number of hydrogen-bond donors (Lipinski definition) is 4. The average Bonchev–Trinajstić information content (AvgIpc) is 3.51. The predicted octanol–water partition coefficient (Wildman–Crippen LogP) is 6.97. The zero-order chi connectivity index (χ0) is 25.9. The molecule has 37 heavy (non-hydrogen) atoms. The molecule has 2 aromatic heterocycles. The summed E-state index contributed by atoms with van der Waals surface area (Å²) in [4.78, 5) is 28.8. The lowest BCUT2D eigenvalue weighted by Gasteiger charge is -2.22. The number of aromatic amines is 1. The highest BCUT2D eigenvalue weighted by Gasteiger charge is 2.29. The van der Waals surface area contributed by atoms with Crippen LogP contribution in [0, 0.1) is 0 Å². The van der Waals surface area contributed by atoms with Crippen LogP contribution in [0.1, 0.15) is 80.5 Å². The van der Waals surface area contributed by atoms with Crippen LogP contribution < -0.4 is 0 Å². The molecule has 1 fully saturated rings. The minimum atomic E-state index is -1.18. The highest BCUT2D eigenvalue weighted by atomic mass is 32.1. The molecule has 0 aliphatic heterocycles. The second kappa shape index (κ2) is 10.7. The molecular formula is C30H29NO5S. The van der Waals surface area contributed by atoms with Crippen LogP contribution in [0.3, 0.4) is 0 Å². The van der Waals surface area contributed by atoms with Crippen molar-refractivity contribution < 1.29 is 24.9 Å². The second-order valence-corrected chi connectivity index (χ2v) is 10.5. The van der Waals surface area contributed by atoms with Gasteiger partial charge in [0.15, 0.2) is 0 Å². The number of fused-ring (bicyclic) bond motifs is 1. The zero-order valence-electron chi connectivity index (χ0n) is 20.4. The number of rotatable bonds is 8. The van der Waals surface area contributed by atoms with Crippen molar-refractivity contribution in [1.82, 2.24) is 4.98 Å². The fourth-order valence-electron chi connectivity index (χ4n) is 5.26. The third kappa shape index (κ3) is 4.84. The van der Waals surface area contributed by atoms with E-state index in [1.165, 1.54) is 24.8 Å². The van der Waals surface area contributed by atoms with E-state index in [4.69, 9.17) is 5.11 Å². The topological polar surface area (TPSA) is 111 Å².